The molecule has 0 radical (unpaired) electrons. The van der Waals surface area contributed by atoms with Gasteiger partial charge in [0.25, 0.3) is 0 Å². The lowest BCUT2D eigenvalue weighted by atomic mass is 10.3. The van der Waals surface area contributed by atoms with Gasteiger partial charge in [-0.2, -0.15) is 0 Å². The second kappa shape index (κ2) is 4.06. The second-order valence-corrected chi connectivity index (χ2v) is 3.89. The van der Waals surface area contributed by atoms with Gasteiger partial charge in [0.2, 0.25) is 0 Å². The van der Waals surface area contributed by atoms with Crippen LogP contribution in [-0.2, 0) is 18.4 Å². The summed E-state index contributed by atoms with van der Waals surface area (Å²) in [7, 11) is 1.85. The number of nitrogens with two attached hydrogens (primary N) is 1. The van der Waals surface area contributed by atoms with Crippen LogP contribution in [0.2, 0.25) is 0 Å². The van der Waals surface area contributed by atoms with Crippen LogP contribution in [0.25, 0.3) is 0 Å². The molecule has 1 saturated carbocycles. The Hall–Kier alpha value is -0.940. The fourth-order valence-corrected chi connectivity index (χ4v) is 1.79. The van der Waals surface area contributed by atoms with Crippen molar-refractivity contribution < 1.29 is 4.74 Å². The summed E-state index contributed by atoms with van der Waals surface area (Å²) in [5, 5.41) is 7.79. The molecule has 0 spiro atoms. The lowest BCUT2D eigenvalue weighted by Crippen LogP contribution is -2.17. The summed E-state index contributed by atoms with van der Waals surface area (Å²) in [5.41, 5.74) is 6.67. The van der Waals surface area contributed by atoms with E-state index >= 15 is 0 Å². The van der Waals surface area contributed by atoms with E-state index in [2.05, 4.69) is 10.3 Å². The third-order valence-corrected chi connectivity index (χ3v) is 2.54. The van der Waals surface area contributed by atoms with Gasteiger partial charge in [0.1, 0.15) is 5.69 Å². The lowest BCUT2D eigenvalue weighted by molar-refractivity contribution is 0.0429. The van der Waals surface area contributed by atoms with Crippen LogP contribution >= 0.6 is 0 Å². The maximum absolute atomic E-state index is 5.79. The fourth-order valence-electron chi connectivity index (χ4n) is 1.79. The number of aromatic nitrogens is 3. The highest BCUT2D eigenvalue weighted by molar-refractivity contribution is 4.89. The van der Waals surface area contributed by atoms with E-state index in [1.165, 1.54) is 0 Å². The highest BCUT2D eigenvalue weighted by Gasteiger charge is 2.22. The Kier molecular flexibility index (Phi) is 2.79. The number of rotatable bonds is 3. The molecule has 0 aliphatic heterocycles. The smallest absolute Gasteiger partial charge is 0.108 e. The molecule has 2 unspecified atom stereocenters. The number of nitrogens with zero attached hydrogens (tertiary/aromatic N) is 3. The summed E-state index contributed by atoms with van der Waals surface area (Å²) >= 11 is 0. The number of hydrogen-bond donors (Lipinski definition) is 1. The molecular weight excluding hydrogens is 180 g/mol. The largest absolute Gasteiger partial charge is 0.372 e. The van der Waals surface area contributed by atoms with E-state index in [4.69, 9.17) is 10.5 Å². The molecule has 1 aliphatic carbocycles. The van der Waals surface area contributed by atoms with Crippen molar-refractivity contribution in [3.8, 4) is 0 Å². The van der Waals surface area contributed by atoms with Crippen LogP contribution in [-0.4, -0.2) is 27.1 Å². The third kappa shape index (κ3) is 2.30. The summed E-state index contributed by atoms with van der Waals surface area (Å²) in [6.45, 7) is 0.547. The Bertz CT molecular complexity index is 299. The molecule has 5 nitrogen and oxygen atoms in total. The molecule has 1 aromatic rings. The predicted molar refractivity (Wildman–Crippen MR) is 51.4 cm³/mol. The van der Waals surface area contributed by atoms with E-state index in [1.54, 1.807) is 4.68 Å². The van der Waals surface area contributed by atoms with Crippen molar-refractivity contribution in [2.75, 3.05) is 0 Å². The van der Waals surface area contributed by atoms with Gasteiger partial charge in [0.05, 0.1) is 18.9 Å². The van der Waals surface area contributed by atoms with E-state index in [1.807, 2.05) is 13.2 Å². The predicted octanol–water partition coefficient (Wildman–Crippen LogP) is 0.211. The second-order valence-electron chi connectivity index (χ2n) is 3.89. The third-order valence-electron chi connectivity index (χ3n) is 2.54. The monoisotopic (exact) mass is 196 g/mol. The molecule has 1 aromatic heterocycles. The summed E-state index contributed by atoms with van der Waals surface area (Å²) in [4.78, 5) is 0. The molecule has 5 heteroatoms. The summed E-state index contributed by atoms with van der Waals surface area (Å²) in [6, 6.07) is 0.321. The van der Waals surface area contributed by atoms with Gasteiger partial charge in [0, 0.05) is 13.1 Å². The first-order valence-corrected chi connectivity index (χ1v) is 4.96. The molecule has 14 heavy (non-hydrogen) atoms. The SMILES string of the molecule is Cn1cc(COC2CCC(N)C2)nn1. The maximum Gasteiger partial charge on any atom is 0.108 e. The van der Waals surface area contributed by atoms with E-state index < -0.39 is 0 Å². The van der Waals surface area contributed by atoms with Crippen LogP contribution < -0.4 is 5.73 Å². The molecule has 1 fully saturated rings. The van der Waals surface area contributed by atoms with Crippen molar-refractivity contribution in [2.45, 2.75) is 38.0 Å². The molecule has 2 N–H and O–H groups in total. The van der Waals surface area contributed by atoms with Gasteiger partial charge in [0.15, 0.2) is 0 Å². The van der Waals surface area contributed by atoms with Crippen LogP contribution in [0.15, 0.2) is 6.20 Å². The van der Waals surface area contributed by atoms with Crippen LogP contribution in [0.4, 0.5) is 0 Å². The topological polar surface area (TPSA) is 66.0 Å². The van der Waals surface area contributed by atoms with Gasteiger partial charge in [-0.25, -0.2) is 0 Å². The van der Waals surface area contributed by atoms with Crippen LogP contribution in [0.5, 0.6) is 0 Å². The zero-order chi connectivity index (χ0) is 9.97. The number of ether oxygens (including phenoxy) is 1. The Morgan fingerprint density at radius 1 is 1.64 bits per heavy atom. The van der Waals surface area contributed by atoms with Gasteiger partial charge >= 0.3 is 0 Å². The lowest BCUT2D eigenvalue weighted by Gasteiger charge is -2.09. The molecule has 0 amide bonds. The zero-order valence-electron chi connectivity index (χ0n) is 8.39. The van der Waals surface area contributed by atoms with Crippen LogP contribution in [0.3, 0.4) is 0 Å². The van der Waals surface area contributed by atoms with E-state index in [-0.39, 0.29) is 0 Å². The maximum atomic E-state index is 5.79. The molecule has 0 bridgehead atoms. The summed E-state index contributed by atoms with van der Waals surface area (Å²) < 4.78 is 7.36. The van der Waals surface area contributed by atoms with Crippen molar-refractivity contribution in [3.63, 3.8) is 0 Å². The average Bonchev–Trinajstić information content (AvgIpc) is 2.72. The highest BCUT2D eigenvalue weighted by Crippen LogP contribution is 2.21. The first-order valence-electron chi connectivity index (χ1n) is 4.96. The van der Waals surface area contributed by atoms with E-state index in [0.29, 0.717) is 18.8 Å². The van der Waals surface area contributed by atoms with Crippen molar-refractivity contribution in [3.05, 3.63) is 11.9 Å². The fraction of sp³-hybridized carbons (Fsp3) is 0.778. The quantitative estimate of drug-likeness (QED) is 0.750. The van der Waals surface area contributed by atoms with Crippen molar-refractivity contribution >= 4 is 0 Å². The molecule has 2 atom stereocenters. The molecule has 1 heterocycles. The highest BCUT2D eigenvalue weighted by atomic mass is 16.5. The molecule has 78 valence electrons. The Morgan fingerprint density at radius 3 is 3.07 bits per heavy atom. The normalized spacial score (nSPS) is 27.0. The molecule has 0 saturated heterocycles. The van der Waals surface area contributed by atoms with Crippen molar-refractivity contribution in [2.24, 2.45) is 12.8 Å². The van der Waals surface area contributed by atoms with Gasteiger partial charge < -0.3 is 10.5 Å². The standard InChI is InChI=1S/C9H16N4O/c1-13-5-8(11-12-13)6-14-9-3-2-7(10)4-9/h5,7,9H,2-4,6,10H2,1H3. The van der Waals surface area contributed by atoms with Gasteiger partial charge in [-0.3, -0.25) is 4.68 Å². The average molecular weight is 196 g/mol. The minimum absolute atomic E-state index is 0.312. The van der Waals surface area contributed by atoms with Crippen molar-refractivity contribution in [1.82, 2.24) is 15.0 Å². The van der Waals surface area contributed by atoms with Gasteiger partial charge in [-0.15, -0.1) is 5.10 Å². The molecule has 2 rings (SSSR count). The minimum Gasteiger partial charge on any atom is -0.372 e. The van der Waals surface area contributed by atoms with E-state index in [9.17, 15) is 0 Å². The molecule has 0 aromatic carbocycles. The van der Waals surface area contributed by atoms with Gasteiger partial charge in [-0.1, -0.05) is 5.21 Å². The zero-order valence-corrected chi connectivity index (χ0v) is 8.39. The first kappa shape index (κ1) is 9.61. The van der Waals surface area contributed by atoms with Gasteiger partial charge in [-0.05, 0) is 19.3 Å². The number of aryl methyl sites for hydroxylation is 1. The molecule has 1 aliphatic rings. The number of hydrogen-bond acceptors (Lipinski definition) is 4. The summed E-state index contributed by atoms with van der Waals surface area (Å²) in [6.07, 6.45) is 5.30. The first-order chi connectivity index (χ1) is 6.74. The Labute approximate surface area is 83.2 Å². The Balaban J connectivity index is 1.77. The van der Waals surface area contributed by atoms with Crippen LogP contribution in [0, 0.1) is 0 Å². The summed E-state index contributed by atoms with van der Waals surface area (Å²) in [5.74, 6) is 0. The van der Waals surface area contributed by atoms with Crippen molar-refractivity contribution in [1.29, 1.82) is 0 Å². The molecular formula is C9H16N4O. The van der Waals surface area contributed by atoms with E-state index in [0.717, 1.165) is 25.0 Å². The minimum atomic E-state index is 0.312. The Morgan fingerprint density at radius 2 is 2.50 bits per heavy atom. The van der Waals surface area contributed by atoms with Crippen LogP contribution in [0.1, 0.15) is 25.0 Å².